The van der Waals surface area contributed by atoms with Crippen LogP contribution < -0.4 is 0 Å². The second-order valence-corrected chi connectivity index (χ2v) is 5.69. The summed E-state index contributed by atoms with van der Waals surface area (Å²) in [5.74, 6) is 0.627. The average Bonchev–Trinajstić information content (AvgIpc) is 2.37. The summed E-state index contributed by atoms with van der Waals surface area (Å²) in [6, 6.07) is 5.37. The first kappa shape index (κ1) is 15.8. The van der Waals surface area contributed by atoms with Gasteiger partial charge < -0.3 is 4.90 Å². The van der Waals surface area contributed by atoms with E-state index in [1.165, 1.54) is 0 Å². The van der Waals surface area contributed by atoms with Crippen LogP contribution in [0.4, 0.5) is 0 Å². The van der Waals surface area contributed by atoms with Crippen molar-refractivity contribution < 1.29 is 4.79 Å². The van der Waals surface area contributed by atoms with E-state index >= 15 is 0 Å². The number of carbonyl (C=O) groups is 1. The molecule has 0 aliphatic carbocycles. The molecule has 1 aromatic carbocycles. The molecule has 0 fully saturated rings. The van der Waals surface area contributed by atoms with E-state index in [0.717, 1.165) is 30.3 Å². The maximum absolute atomic E-state index is 12.2. The lowest BCUT2D eigenvalue weighted by molar-refractivity contribution is 0.0793. The van der Waals surface area contributed by atoms with E-state index in [-0.39, 0.29) is 5.91 Å². The molecule has 0 N–H and O–H groups in total. The van der Waals surface area contributed by atoms with Crippen LogP contribution >= 0.6 is 39.1 Å². The van der Waals surface area contributed by atoms with Crippen LogP contribution in [0.5, 0.6) is 0 Å². The molecule has 0 aromatic heterocycles. The molecule has 1 rings (SSSR count). The van der Waals surface area contributed by atoms with Crippen LogP contribution in [0.1, 0.15) is 29.6 Å². The number of amides is 1. The summed E-state index contributed by atoms with van der Waals surface area (Å²) >= 11 is 15.0. The number of nitrogens with zero attached hydrogens (tertiary/aromatic N) is 1. The number of hydrogen-bond donors (Lipinski definition) is 0. The Labute approximate surface area is 126 Å². The van der Waals surface area contributed by atoms with Crippen molar-refractivity contribution in [3.63, 3.8) is 0 Å². The van der Waals surface area contributed by atoms with E-state index in [0.29, 0.717) is 16.5 Å². The highest BCUT2D eigenvalue weighted by Gasteiger charge is 2.15. The van der Waals surface area contributed by atoms with Crippen LogP contribution in [0.25, 0.3) is 0 Å². The minimum Gasteiger partial charge on any atom is -0.342 e. The number of alkyl halides is 1. The zero-order valence-corrected chi connectivity index (χ0v) is 13.4. The second kappa shape index (κ2) is 8.03. The van der Waals surface area contributed by atoms with Crippen LogP contribution in [0.3, 0.4) is 0 Å². The highest BCUT2D eigenvalue weighted by Crippen LogP contribution is 2.26. The molecule has 0 unspecified atom stereocenters. The monoisotopic (exact) mass is 351 g/mol. The van der Waals surface area contributed by atoms with Crippen LogP contribution in [0, 0.1) is 0 Å². The summed E-state index contributed by atoms with van der Waals surface area (Å²) in [7, 11) is 1.79. The first-order chi connectivity index (χ1) is 8.57. The Morgan fingerprint density at radius 3 is 2.72 bits per heavy atom. The molecule has 0 aliphatic rings. The van der Waals surface area contributed by atoms with E-state index in [2.05, 4.69) is 15.9 Å². The fraction of sp³-hybridized carbons (Fsp3) is 0.462. The third kappa shape index (κ3) is 4.45. The molecule has 0 bridgehead atoms. The van der Waals surface area contributed by atoms with E-state index in [4.69, 9.17) is 23.2 Å². The number of benzene rings is 1. The largest absolute Gasteiger partial charge is 0.342 e. The number of halogens is 3. The molecule has 0 saturated heterocycles. The molecule has 0 spiro atoms. The predicted octanol–water partition coefficient (Wildman–Crippen LogP) is 4.58. The number of unbranched alkanes of at least 4 members (excludes halogenated alkanes) is 2. The third-order valence-corrected chi connectivity index (χ3v) is 4.22. The SMILES string of the molecule is CN(CCCCCCl)C(=O)c1cccc(Br)c1Cl. The van der Waals surface area contributed by atoms with Crippen molar-refractivity contribution in [1.82, 2.24) is 4.90 Å². The summed E-state index contributed by atoms with van der Waals surface area (Å²) in [5.41, 5.74) is 0.533. The van der Waals surface area contributed by atoms with Gasteiger partial charge in [0.15, 0.2) is 0 Å². The normalized spacial score (nSPS) is 10.4. The number of rotatable bonds is 6. The summed E-state index contributed by atoms with van der Waals surface area (Å²) < 4.78 is 0.741. The van der Waals surface area contributed by atoms with Gasteiger partial charge in [-0.25, -0.2) is 0 Å². The lowest BCUT2D eigenvalue weighted by Gasteiger charge is -2.18. The zero-order valence-electron chi connectivity index (χ0n) is 10.3. The fourth-order valence-corrected chi connectivity index (χ4v) is 2.36. The summed E-state index contributed by atoms with van der Waals surface area (Å²) in [5, 5.41) is 0.468. The summed E-state index contributed by atoms with van der Waals surface area (Å²) in [6.45, 7) is 0.721. The Hall–Kier alpha value is -0.250. The molecular weight excluding hydrogens is 337 g/mol. The fourth-order valence-electron chi connectivity index (χ4n) is 1.60. The molecule has 0 atom stereocenters. The summed E-state index contributed by atoms with van der Waals surface area (Å²) in [6.07, 6.45) is 2.98. The minimum atomic E-state index is -0.0489. The molecule has 100 valence electrons. The maximum atomic E-state index is 12.2. The summed E-state index contributed by atoms with van der Waals surface area (Å²) in [4.78, 5) is 13.9. The minimum absolute atomic E-state index is 0.0489. The smallest absolute Gasteiger partial charge is 0.255 e. The van der Waals surface area contributed by atoms with E-state index in [9.17, 15) is 4.79 Å². The first-order valence-electron chi connectivity index (χ1n) is 5.83. The van der Waals surface area contributed by atoms with Gasteiger partial charge in [-0.1, -0.05) is 24.1 Å². The molecule has 1 amide bonds. The zero-order chi connectivity index (χ0) is 13.5. The van der Waals surface area contributed by atoms with Gasteiger partial charge in [-0.2, -0.15) is 0 Å². The van der Waals surface area contributed by atoms with E-state index < -0.39 is 0 Å². The topological polar surface area (TPSA) is 20.3 Å². The molecule has 0 saturated carbocycles. The van der Waals surface area contributed by atoms with Gasteiger partial charge in [0.2, 0.25) is 0 Å². The molecule has 18 heavy (non-hydrogen) atoms. The molecule has 5 heteroatoms. The van der Waals surface area contributed by atoms with E-state index in [1.807, 2.05) is 12.1 Å². The quantitative estimate of drug-likeness (QED) is 0.541. The van der Waals surface area contributed by atoms with Crippen molar-refractivity contribution in [1.29, 1.82) is 0 Å². The van der Waals surface area contributed by atoms with Crippen LogP contribution in [0.15, 0.2) is 22.7 Å². The predicted molar refractivity (Wildman–Crippen MR) is 80.7 cm³/mol. The standard InChI is InChI=1S/C13H16BrCl2NO/c1-17(9-4-2-3-8-15)13(18)10-6-5-7-11(14)12(10)16/h5-7H,2-4,8-9H2,1H3. The number of hydrogen-bond acceptors (Lipinski definition) is 1. The van der Waals surface area contributed by atoms with Crippen LogP contribution in [-0.2, 0) is 0 Å². The van der Waals surface area contributed by atoms with Gasteiger partial charge in [-0.05, 0) is 40.9 Å². The lowest BCUT2D eigenvalue weighted by Crippen LogP contribution is -2.28. The maximum Gasteiger partial charge on any atom is 0.255 e. The van der Waals surface area contributed by atoms with Gasteiger partial charge in [-0.3, -0.25) is 4.79 Å². The van der Waals surface area contributed by atoms with Crippen LogP contribution in [-0.4, -0.2) is 30.3 Å². The number of carbonyl (C=O) groups excluding carboxylic acids is 1. The van der Waals surface area contributed by atoms with Crippen molar-refractivity contribution >= 4 is 45.0 Å². The van der Waals surface area contributed by atoms with Gasteiger partial charge in [0.1, 0.15) is 0 Å². The highest BCUT2D eigenvalue weighted by molar-refractivity contribution is 9.10. The molecular formula is C13H16BrCl2NO. The average molecular weight is 353 g/mol. The van der Waals surface area contributed by atoms with Crippen molar-refractivity contribution in [3.8, 4) is 0 Å². The molecule has 1 aromatic rings. The third-order valence-electron chi connectivity index (χ3n) is 2.66. The molecule has 2 nitrogen and oxygen atoms in total. The Morgan fingerprint density at radius 1 is 1.33 bits per heavy atom. The van der Waals surface area contributed by atoms with Crippen molar-refractivity contribution in [2.75, 3.05) is 19.5 Å². The Balaban J connectivity index is 2.60. The van der Waals surface area contributed by atoms with Crippen LogP contribution in [0.2, 0.25) is 5.02 Å². The Bertz CT molecular complexity index is 412. The van der Waals surface area contributed by atoms with Crippen molar-refractivity contribution in [3.05, 3.63) is 33.3 Å². The van der Waals surface area contributed by atoms with E-state index in [1.54, 1.807) is 18.0 Å². The van der Waals surface area contributed by atoms with Gasteiger partial charge in [-0.15, -0.1) is 11.6 Å². The van der Waals surface area contributed by atoms with Crippen molar-refractivity contribution in [2.45, 2.75) is 19.3 Å². The molecule has 0 heterocycles. The van der Waals surface area contributed by atoms with Crippen molar-refractivity contribution in [2.24, 2.45) is 0 Å². The molecule has 0 aliphatic heterocycles. The van der Waals surface area contributed by atoms with Gasteiger partial charge in [0.05, 0.1) is 10.6 Å². The van der Waals surface area contributed by atoms with Gasteiger partial charge in [0, 0.05) is 23.9 Å². The molecule has 0 radical (unpaired) electrons. The Morgan fingerprint density at radius 2 is 2.06 bits per heavy atom. The van der Waals surface area contributed by atoms with Gasteiger partial charge >= 0.3 is 0 Å². The second-order valence-electron chi connectivity index (χ2n) is 4.08. The first-order valence-corrected chi connectivity index (χ1v) is 7.54. The Kier molecular flexibility index (Phi) is 7.05. The van der Waals surface area contributed by atoms with Gasteiger partial charge in [0.25, 0.3) is 5.91 Å². The lowest BCUT2D eigenvalue weighted by atomic mass is 10.2. The highest BCUT2D eigenvalue weighted by atomic mass is 79.9.